The van der Waals surface area contributed by atoms with Crippen LogP contribution in [-0.4, -0.2) is 10.9 Å². The van der Waals surface area contributed by atoms with Gasteiger partial charge in [0.05, 0.1) is 0 Å². The highest BCUT2D eigenvalue weighted by Crippen LogP contribution is 2.18. The number of amides is 1. The molecular formula is C10H11N4O3P. The van der Waals surface area contributed by atoms with E-state index in [0.717, 1.165) is 6.08 Å². The molecule has 0 bridgehead atoms. The van der Waals surface area contributed by atoms with Gasteiger partial charge in [-0.2, -0.15) is 0 Å². The molecule has 0 spiro atoms. The van der Waals surface area contributed by atoms with E-state index < -0.39 is 13.5 Å². The molecule has 0 aliphatic heterocycles. The Bertz CT molecular complexity index is 625. The molecule has 5 N–H and O–H groups in total. The second-order valence-corrected chi connectivity index (χ2v) is 5.18. The molecule has 7 nitrogen and oxygen atoms in total. The molecule has 2 aromatic rings. The predicted molar refractivity (Wildman–Crippen MR) is 67.2 cm³/mol. The number of rotatable bonds is 3. The number of aromatic nitrogens is 1. The lowest BCUT2D eigenvalue weighted by Crippen LogP contribution is -2.26. The molecule has 0 saturated heterocycles. The van der Waals surface area contributed by atoms with E-state index in [1.165, 1.54) is 6.08 Å². The van der Waals surface area contributed by atoms with Crippen LogP contribution in [0.3, 0.4) is 0 Å². The number of nitrogens with one attached hydrogen (secondary N) is 1. The molecular weight excluding hydrogens is 255 g/mol. The lowest BCUT2D eigenvalue weighted by Gasteiger charge is -2.04. The molecule has 0 atom stereocenters. The zero-order chi connectivity index (χ0) is 13.2. The first kappa shape index (κ1) is 12.5. The first-order valence-electron chi connectivity index (χ1n) is 4.97. The monoisotopic (exact) mass is 266 g/mol. The fourth-order valence-electron chi connectivity index (χ4n) is 1.32. The van der Waals surface area contributed by atoms with Crippen molar-refractivity contribution < 1.29 is 13.8 Å². The third kappa shape index (κ3) is 3.27. The van der Waals surface area contributed by atoms with Crippen molar-refractivity contribution in [1.82, 2.24) is 10.1 Å². The Kier molecular flexibility index (Phi) is 3.29. The Balaban J connectivity index is 2.13. The van der Waals surface area contributed by atoms with Crippen LogP contribution in [-0.2, 0) is 9.36 Å². The summed E-state index contributed by atoms with van der Waals surface area (Å²) in [5.74, 6) is -0.416. The number of para-hydroxylation sites is 2. The molecule has 0 fully saturated rings. The maximum Gasteiger partial charge on any atom is 0.300 e. The Morgan fingerprint density at radius 3 is 2.78 bits per heavy atom. The van der Waals surface area contributed by atoms with Gasteiger partial charge in [-0.25, -0.2) is 4.98 Å². The van der Waals surface area contributed by atoms with E-state index >= 15 is 0 Å². The van der Waals surface area contributed by atoms with Gasteiger partial charge in [0.15, 0.2) is 5.58 Å². The minimum Gasteiger partial charge on any atom is -0.437 e. The van der Waals surface area contributed by atoms with Gasteiger partial charge >= 0.3 is 7.59 Å². The molecule has 0 aliphatic rings. The fourth-order valence-corrected chi connectivity index (χ4v) is 1.74. The number of carbonyl (C=O) groups is 1. The van der Waals surface area contributed by atoms with Crippen molar-refractivity contribution in [3.05, 3.63) is 36.2 Å². The minimum atomic E-state index is -3.57. The van der Waals surface area contributed by atoms with Crippen molar-refractivity contribution in [1.29, 1.82) is 0 Å². The average Bonchev–Trinajstić information content (AvgIpc) is 2.66. The summed E-state index contributed by atoms with van der Waals surface area (Å²) in [5.41, 5.74) is 11.3. The molecule has 1 heterocycles. The Hall–Kier alpha value is -1.95. The van der Waals surface area contributed by atoms with Gasteiger partial charge in [-0.05, 0) is 12.1 Å². The number of oxazole rings is 1. The van der Waals surface area contributed by atoms with Gasteiger partial charge < -0.3 is 4.42 Å². The predicted octanol–water partition coefficient (Wildman–Crippen LogP) is 0.983. The van der Waals surface area contributed by atoms with E-state index in [2.05, 4.69) is 4.98 Å². The van der Waals surface area contributed by atoms with Gasteiger partial charge in [0.2, 0.25) is 5.89 Å². The molecule has 2 rings (SSSR count). The molecule has 0 saturated carbocycles. The van der Waals surface area contributed by atoms with Crippen LogP contribution in [0.25, 0.3) is 17.2 Å². The molecule has 0 radical (unpaired) electrons. The van der Waals surface area contributed by atoms with Crippen LogP contribution in [0.15, 0.2) is 34.8 Å². The molecule has 8 heteroatoms. The Morgan fingerprint density at radius 1 is 1.39 bits per heavy atom. The van der Waals surface area contributed by atoms with E-state index in [0.29, 0.717) is 11.1 Å². The Labute approximate surface area is 102 Å². The molecule has 0 unspecified atom stereocenters. The van der Waals surface area contributed by atoms with Gasteiger partial charge in [-0.15, -0.1) is 0 Å². The van der Waals surface area contributed by atoms with Crippen LogP contribution in [0, 0.1) is 0 Å². The number of fused-ring (bicyclic) bond motifs is 1. The first-order valence-corrected chi connectivity index (χ1v) is 6.82. The second-order valence-electron chi connectivity index (χ2n) is 3.54. The summed E-state index contributed by atoms with van der Waals surface area (Å²) in [6.07, 6.45) is 2.43. The number of benzene rings is 1. The summed E-state index contributed by atoms with van der Waals surface area (Å²) in [7, 11) is -3.57. The van der Waals surface area contributed by atoms with Gasteiger partial charge in [-0.3, -0.25) is 25.5 Å². The van der Waals surface area contributed by atoms with Crippen molar-refractivity contribution in [2.24, 2.45) is 11.0 Å². The summed E-state index contributed by atoms with van der Waals surface area (Å²) in [5, 5.41) is 1.94. The van der Waals surface area contributed by atoms with Crippen LogP contribution in [0.1, 0.15) is 5.89 Å². The first-order chi connectivity index (χ1) is 8.44. The van der Waals surface area contributed by atoms with Crippen molar-refractivity contribution in [2.45, 2.75) is 0 Å². The molecule has 0 aliphatic carbocycles. The van der Waals surface area contributed by atoms with Crippen molar-refractivity contribution >= 4 is 30.7 Å². The topological polar surface area (TPSA) is 124 Å². The molecule has 94 valence electrons. The third-order valence-electron chi connectivity index (χ3n) is 1.97. The highest BCUT2D eigenvalue weighted by Gasteiger charge is 2.10. The maximum absolute atomic E-state index is 11.2. The highest BCUT2D eigenvalue weighted by atomic mass is 31.2. The summed E-state index contributed by atoms with van der Waals surface area (Å²) in [6, 6.07) is 7.18. The van der Waals surface area contributed by atoms with Crippen molar-refractivity contribution in [2.75, 3.05) is 0 Å². The minimum absolute atomic E-state index is 0.259. The van der Waals surface area contributed by atoms with Crippen LogP contribution < -0.4 is 16.1 Å². The van der Waals surface area contributed by atoms with E-state index in [1.807, 2.05) is 17.2 Å². The summed E-state index contributed by atoms with van der Waals surface area (Å²) in [4.78, 5) is 15.4. The Morgan fingerprint density at radius 2 is 2.11 bits per heavy atom. The normalized spacial score (nSPS) is 12.1. The largest absolute Gasteiger partial charge is 0.437 e. The summed E-state index contributed by atoms with van der Waals surface area (Å²) in [6.45, 7) is 0. The van der Waals surface area contributed by atoms with Crippen LogP contribution in [0.2, 0.25) is 0 Å². The molecule has 1 aromatic heterocycles. The van der Waals surface area contributed by atoms with Crippen LogP contribution in [0.4, 0.5) is 0 Å². The van der Waals surface area contributed by atoms with E-state index in [-0.39, 0.29) is 5.89 Å². The van der Waals surface area contributed by atoms with Crippen LogP contribution >= 0.6 is 7.59 Å². The average molecular weight is 266 g/mol. The van der Waals surface area contributed by atoms with Crippen LogP contribution in [0.5, 0.6) is 0 Å². The number of carbonyl (C=O) groups excluding carboxylic acids is 1. The van der Waals surface area contributed by atoms with Gasteiger partial charge in [0.1, 0.15) is 5.52 Å². The van der Waals surface area contributed by atoms with Gasteiger partial charge in [0, 0.05) is 12.2 Å². The third-order valence-corrected chi connectivity index (χ3v) is 2.54. The maximum atomic E-state index is 11.2. The zero-order valence-electron chi connectivity index (χ0n) is 9.24. The number of hydrogen-bond donors (Lipinski definition) is 3. The summed E-state index contributed by atoms with van der Waals surface area (Å²) < 4.78 is 16.3. The number of nitrogens with zero attached hydrogens (tertiary/aromatic N) is 1. The zero-order valence-corrected chi connectivity index (χ0v) is 10.1. The lowest BCUT2D eigenvalue weighted by atomic mass is 10.3. The lowest BCUT2D eigenvalue weighted by molar-refractivity contribution is -0.114. The highest BCUT2D eigenvalue weighted by molar-refractivity contribution is 7.57. The molecule has 1 aromatic carbocycles. The van der Waals surface area contributed by atoms with E-state index in [4.69, 9.17) is 15.4 Å². The second kappa shape index (κ2) is 4.73. The number of hydrogen-bond acceptors (Lipinski definition) is 4. The standard InChI is InChI=1S/C10H11N4O3P/c11-18(12,16)14-9(15)5-6-10-13-7-3-1-2-4-8(7)17-10/h1-6H,(H5,11,12,14,15,16)/b6-5+. The SMILES string of the molecule is NP(N)(=O)NC(=O)/C=C/c1nc2ccccc2o1. The van der Waals surface area contributed by atoms with E-state index in [1.54, 1.807) is 12.1 Å². The van der Waals surface area contributed by atoms with Crippen molar-refractivity contribution in [3.8, 4) is 0 Å². The van der Waals surface area contributed by atoms with E-state index in [9.17, 15) is 9.36 Å². The van der Waals surface area contributed by atoms with Gasteiger partial charge in [-0.1, -0.05) is 12.1 Å². The number of nitrogens with two attached hydrogens (primary N) is 2. The smallest absolute Gasteiger partial charge is 0.300 e. The fraction of sp³-hybridized carbons (Fsp3) is 0. The summed E-state index contributed by atoms with van der Waals surface area (Å²) >= 11 is 0. The van der Waals surface area contributed by atoms with Crippen molar-refractivity contribution in [3.63, 3.8) is 0 Å². The quantitative estimate of drug-likeness (QED) is 0.562. The van der Waals surface area contributed by atoms with Gasteiger partial charge in [0.25, 0.3) is 5.91 Å². The molecule has 1 amide bonds. The molecule has 18 heavy (non-hydrogen) atoms.